The molecule has 1 aliphatic carbocycles. The fourth-order valence-corrected chi connectivity index (χ4v) is 12.1. The molecule has 2 unspecified atom stereocenters. The maximum Gasteiger partial charge on any atom is 0.247 e. The molecule has 464 valence electrons. The lowest BCUT2D eigenvalue weighted by atomic mass is 9.79. The van der Waals surface area contributed by atoms with E-state index in [0.29, 0.717) is 31.1 Å². The van der Waals surface area contributed by atoms with Gasteiger partial charge in [-0.25, -0.2) is 0 Å². The highest BCUT2D eigenvalue weighted by molar-refractivity contribution is 6.01. The highest BCUT2D eigenvalue weighted by atomic mass is 16.2. The van der Waals surface area contributed by atoms with Crippen molar-refractivity contribution in [2.75, 3.05) is 88.5 Å². The van der Waals surface area contributed by atoms with Crippen LogP contribution >= 0.6 is 0 Å². The van der Waals surface area contributed by atoms with E-state index in [4.69, 9.17) is 0 Å². The topological polar surface area (TPSA) is 98.5 Å². The summed E-state index contributed by atoms with van der Waals surface area (Å²) in [6.07, 6.45) is 14.3. The highest BCUT2D eigenvalue weighted by Gasteiger charge is 2.50. The number of benzene rings is 2. The number of likely N-dealkylation sites (tertiary alicyclic amines) is 2. The molecule has 2 amide bonds. The molecule has 0 aromatic heterocycles. The second kappa shape index (κ2) is 42.7. The van der Waals surface area contributed by atoms with E-state index in [-0.39, 0.29) is 11.4 Å². The zero-order chi connectivity index (χ0) is 60.2. The van der Waals surface area contributed by atoms with Gasteiger partial charge in [0, 0.05) is 80.9 Å². The smallest absolute Gasteiger partial charge is 0.247 e. The number of piperazine rings is 1. The molecule has 4 N–H and O–H groups in total. The van der Waals surface area contributed by atoms with Crippen LogP contribution in [0.15, 0.2) is 54.6 Å². The number of rotatable bonds is 8. The molecule has 6 saturated heterocycles. The number of hydrogen-bond donors (Lipinski definition) is 4. The molecule has 8 aliphatic rings. The van der Waals surface area contributed by atoms with Crippen LogP contribution in [-0.4, -0.2) is 141 Å². The standard InChI is InChI=1S/C17H23NO.C16H23N3O.C7H16N2.3C7H15N.4C2H6/c1-12(2)13-7-9-15(10-8-13)18-16-6-4-3-5-14(16)11-17(18)19;1-13(2)18-10-8-16(9-11-18)15(20)17-12-19(16)14-6-4-3-5-7-14;1-7(2)9-5-3-8-4-6-9;1-6(2)7-3-4-8-5-7;1-7(2)8-5-3-4-6-8;1-6(2)7-4-3-5-8-7;4*1-2/h3-6,12-13,15H,7-11H2,1-2H3;3-7,13H,8-12H2,1-2H3,(H,17,20);7-8H,3-6H2,1-2H3;6-8H,3-5H2,1-2H3;7H,3-6H2,1-2H3;6-8H,3-5H2,1-2H3;4*1-2H3. The minimum atomic E-state index is -0.341. The van der Waals surface area contributed by atoms with Crippen molar-refractivity contribution >= 4 is 23.2 Å². The van der Waals surface area contributed by atoms with Crippen LogP contribution in [0.5, 0.6) is 0 Å². The average molecular weight is 1120 g/mol. The summed E-state index contributed by atoms with van der Waals surface area (Å²) in [6, 6.07) is 21.9. The van der Waals surface area contributed by atoms with Gasteiger partial charge < -0.3 is 40.9 Å². The number of nitrogens with zero attached hydrogens (tertiary/aromatic N) is 5. The molecule has 2 atom stereocenters. The maximum absolute atomic E-state index is 12.4. The fourth-order valence-electron chi connectivity index (χ4n) is 12.1. The lowest BCUT2D eigenvalue weighted by Crippen LogP contribution is -2.57. The molecule has 11 nitrogen and oxygen atoms in total. The van der Waals surface area contributed by atoms with Crippen molar-refractivity contribution in [2.24, 2.45) is 29.6 Å². The van der Waals surface area contributed by atoms with Crippen molar-refractivity contribution in [1.82, 2.24) is 36.0 Å². The molecular formula is C69H131N9O2. The second-order valence-electron chi connectivity index (χ2n) is 24.1. The number of amides is 2. The third-order valence-corrected chi connectivity index (χ3v) is 17.4. The third kappa shape index (κ3) is 25.0. The van der Waals surface area contributed by atoms with Crippen LogP contribution in [0.2, 0.25) is 0 Å². The number of anilines is 2. The normalized spacial score (nSPS) is 23.1. The van der Waals surface area contributed by atoms with Gasteiger partial charge in [-0.15, -0.1) is 0 Å². The van der Waals surface area contributed by atoms with Gasteiger partial charge in [0.2, 0.25) is 11.8 Å². The molecule has 1 spiro atoms. The van der Waals surface area contributed by atoms with Gasteiger partial charge in [-0.2, -0.15) is 0 Å². The molecule has 0 radical (unpaired) electrons. The van der Waals surface area contributed by atoms with Crippen molar-refractivity contribution < 1.29 is 9.59 Å². The number of fused-ring (bicyclic) bond motifs is 1. The Bertz CT molecular complexity index is 1750. The predicted molar refractivity (Wildman–Crippen MR) is 351 cm³/mol. The molecule has 7 heterocycles. The van der Waals surface area contributed by atoms with E-state index in [1.165, 1.54) is 115 Å². The van der Waals surface area contributed by atoms with Crippen LogP contribution in [0.4, 0.5) is 11.4 Å². The molecule has 1 saturated carbocycles. The Kier molecular flexibility index (Phi) is 40.0. The number of nitrogens with one attached hydrogen (secondary N) is 4. The van der Waals surface area contributed by atoms with Crippen molar-refractivity contribution in [3.05, 3.63) is 60.2 Å². The summed E-state index contributed by atoms with van der Waals surface area (Å²) < 4.78 is 0. The van der Waals surface area contributed by atoms with Crippen molar-refractivity contribution in [3.8, 4) is 0 Å². The number of carbonyl (C=O) groups is 2. The van der Waals surface area contributed by atoms with E-state index >= 15 is 0 Å². The Balaban J connectivity index is 0.000000489. The van der Waals surface area contributed by atoms with Crippen LogP contribution < -0.4 is 31.1 Å². The highest BCUT2D eigenvalue weighted by Crippen LogP contribution is 2.39. The zero-order valence-corrected chi connectivity index (χ0v) is 56.0. The zero-order valence-electron chi connectivity index (χ0n) is 56.0. The van der Waals surface area contributed by atoms with Gasteiger partial charge >= 0.3 is 0 Å². The van der Waals surface area contributed by atoms with E-state index in [1.807, 2.05) is 85.7 Å². The molecular weight excluding hydrogens is 987 g/mol. The molecule has 10 rings (SSSR count). The van der Waals surface area contributed by atoms with Crippen molar-refractivity contribution in [2.45, 2.75) is 251 Å². The van der Waals surface area contributed by atoms with Gasteiger partial charge in [-0.1, -0.05) is 133 Å². The molecule has 2 aromatic rings. The number of piperidine rings is 1. The van der Waals surface area contributed by atoms with E-state index in [2.05, 4.69) is 153 Å². The van der Waals surface area contributed by atoms with Crippen molar-refractivity contribution in [3.63, 3.8) is 0 Å². The number of hydrogen-bond acceptors (Lipinski definition) is 9. The number of carbonyl (C=O) groups excluding carboxylic acids is 2. The van der Waals surface area contributed by atoms with Crippen molar-refractivity contribution in [1.29, 1.82) is 0 Å². The van der Waals surface area contributed by atoms with Gasteiger partial charge in [-0.3, -0.25) is 14.5 Å². The summed E-state index contributed by atoms with van der Waals surface area (Å²) in [4.78, 5) is 36.5. The fraction of sp³-hybridized carbons (Fsp3) is 0.797. The second-order valence-corrected chi connectivity index (χ2v) is 24.1. The predicted octanol–water partition coefficient (Wildman–Crippen LogP) is 14.2. The van der Waals surface area contributed by atoms with Gasteiger partial charge in [0.05, 0.1) is 13.1 Å². The van der Waals surface area contributed by atoms with Crippen LogP contribution in [0, 0.1) is 29.6 Å². The van der Waals surface area contributed by atoms with Crippen LogP contribution in [-0.2, 0) is 16.0 Å². The maximum atomic E-state index is 12.4. The first-order valence-corrected chi connectivity index (χ1v) is 33.4. The van der Waals surface area contributed by atoms with Gasteiger partial charge in [-0.05, 0) is 198 Å². The van der Waals surface area contributed by atoms with E-state index in [0.717, 1.165) is 92.4 Å². The largest absolute Gasteiger partial charge is 0.339 e. The van der Waals surface area contributed by atoms with E-state index < -0.39 is 0 Å². The van der Waals surface area contributed by atoms with Crippen LogP contribution in [0.25, 0.3) is 0 Å². The van der Waals surface area contributed by atoms with Gasteiger partial charge in [0.15, 0.2) is 0 Å². The average Bonchev–Trinajstić information content (AvgIpc) is 4.37. The summed E-state index contributed by atoms with van der Waals surface area (Å²) in [5.41, 5.74) is 3.18. The monoisotopic (exact) mass is 1120 g/mol. The summed E-state index contributed by atoms with van der Waals surface area (Å²) >= 11 is 0. The SMILES string of the molecule is CC.CC.CC.CC.CC(C)C1CCC(N2C(=O)Cc3ccccc32)CC1.CC(C)C1CCCN1.CC(C)C1CCNC1.CC(C)N1CCC2(CC1)C(=O)NCN2c1ccccc1.CC(C)N1CCCC1.CC(C)N1CCNCC1. The van der Waals surface area contributed by atoms with Crippen LogP contribution in [0.1, 0.15) is 215 Å². The summed E-state index contributed by atoms with van der Waals surface area (Å²) in [6.45, 7) is 57.1. The molecule has 80 heavy (non-hydrogen) atoms. The van der Waals surface area contributed by atoms with Gasteiger partial charge in [0.1, 0.15) is 5.54 Å². The Hall–Kier alpha value is -3.06. The lowest BCUT2D eigenvalue weighted by Gasteiger charge is -2.44. The molecule has 0 bridgehead atoms. The Morgan fingerprint density at radius 1 is 0.500 bits per heavy atom. The first-order valence-electron chi connectivity index (χ1n) is 33.4. The Morgan fingerprint density at radius 2 is 1.01 bits per heavy atom. The summed E-state index contributed by atoms with van der Waals surface area (Å²) in [5, 5.41) is 13.2. The Labute approximate surface area is 496 Å². The van der Waals surface area contributed by atoms with E-state index in [9.17, 15) is 9.59 Å². The minimum absolute atomic E-state index is 0.199. The van der Waals surface area contributed by atoms with E-state index in [1.54, 1.807) is 0 Å². The lowest BCUT2D eigenvalue weighted by molar-refractivity contribution is -0.125. The van der Waals surface area contributed by atoms with Crippen LogP contribution in [0.3, 0.4) is 0 Å². The molecule has 7 aliphatic heterocycles. The third-order valence-electron chi connectivity index (χ3n) is 17.4. The summed E-state index contributed by atoms with van der Waals surface area (Å²) in [7, 11) is 0. The molecule has 7 fully saturated rings. The van der Waals surface area contributed by atoms with Gasteiger partial charge in [0.25, 0.3) is 0 Å². The Morgan fingerprint density at radius 3 is 1.44 bits per heavy atom. The first-order chi connectivity index (χ1) is 38.5. The number of para-hydroxylation sites is 2. The first kappa shape index (κ1) is 75.0. The minimum Gasteiger partial charge on any atom is -0.339 e. The quantitative estimate of drug-likeness (QED) is 0.206. The molecule has 2 aromatic carbocycles. The summed E-state index contributed by atoms with van der Waals surface area (Å²) in [5.74, 6) is 4.79. The molecule has 11 heteroatoms.